The number of halogens is 6. The number of alkyl halides is 6. The van der Waals surface area contributed by atoms with Crippen molar-refractivity contribution < 1.29 is 44.7 Å². The Kier molecular flexibility index (Phi) is 9.25. The largest absolute Gasteiger partial charge is 0.416 e. The summed E-state index contributed by atoms with van der Waals surface area (Å²) in [5.74, 6) is -1.52. The minimum atomic E-state index is -4.70. The highest BCUT2D eigenvalue weighted by atomic mass is 32.2. The van der Waals surface area contributed by atoms with E-state index in [1.807, 2.05) is 6.07 Å². The lowest BCUT2D eigenvalue weighted by molar-refractivity contribution is -0.147. The molecule has 228 valence electrons. The summed E-state index contributed by atoms with van der Waals surface area (Å²) in [5.41, 5.74) is -1.13. The highest BCUT2D eigenvalue weighted by Gasteiger charge is 2.44. The summed E-state index contributed by atoms with van der Waals surface area (Å²) < 4.78 is 107. The van der Waals surface area contributed by atoms with Gasteiger partial charge in [-0.05, 0) is 43.4 Å². The molecule has 1 amide bonds. The fraction of sp³-hybridized carbons (Fsp3) is 0.680. The Balaban J connectivity index is 1.44. The van der Waals surface area contributed by atoms with Crippen molar-refractivity contribution in [1.82, 2.24) is 18.8 Å². The predicted molar refractivity (Wildman–Crippen MR) is 133 cm³/mol. The number of nitriles is 1. The molecule has 0 bridgehead atoms. The van der Waals surface area contributed by atoms with Crippen molar-refractivity contribution in [3.63, 3.8) is 0 Å². The van der Waals surface area contributed by atoms with Crippen LogP contribution in [0.2, 0.25) is 0 Å². The van der Waals surface area contributed by atoms with Crippen molar-refractivity contribution in [2.75, 3.05) is 32.7 Å². The van der Waals surface area contributed by atoms with E-state index in [-0.39, 0.29) is 50.6 Å². The Morgan fingerprint density at radius 2 is 1.66 bits per heavy atom. The summed E-state index contributed by atoms with van der Waals surface area (Å²) in [6, 6.07) is 2.70. The average Bonchev–Trinajstić information content (AvgIpc) is 3.36. The van der Waals surface area contributed by atoms with E-state index in [1.165, 1.54) is 13.5 Å². The molecule has 0 aliphatic carbocycles. The third-order valence-electron chi connectivity index (χ3n) is 7.81. The molecule has 3 heterocycles. The predicted octanol–water partition coefficient (Wildman–Crippen LogP) is 3.01. The van der Waals surface area contributed by atoms with Gasteiger partial charge in [0.2, 0.25) is 5.91 Å². The quantitative estimate of drug-likeness (QED) is 0.345. The SMILES string of the molecule is N#CC1CN(S(=O)(=O)N2CCC[C@H](C(=O)N3CCC[C@@H]3C(O)N[C@H](CC(F)(F)F)c3ccc(C(F)(F)F)cc3)C2)C1. The molecule has 9 nitrogen and oxygen atoms in total. The van der Waals surface area contributed by atoms with Crippen LogP contribution in [0.3, 0.4) is 0 Å². The molecule has 3 saturated heterocycles. The third-order valence-corrected chi connectivity index (χ3v) is 9.75. The zero-order valence-electron chi connectivity index (χ0n) is 21.9. The number of hydrogen-bond donors (Lipinski definition) is 2. The van der Waals surface area contributed by atoms with Crippen LogP contribution >= 0.6 is 0 Å². The van der Waals surface area contributed by atoms with E-state index in [2.05, 4.69) is 5.32 Å². The number of rotatable bonds is 8. The average molecular weight is 612 g/mol. The topological polar surface area (TPSA) is 117 Å². The molecule has 0 saturated carbocycles. The van der Waals surface area contributed by atoms with Gasteiger partial charge in [0.05, 0.1) is 35.9 Å². The fourth-order valence-corrected chi connectivity index (χ4v) is 7.37. The molecule has 16 heteroatoms. The van der Waals surface area contributed by atoms with Crippen molar-refractivity contribution in [3.05, 3.63) is 35.4 Å². The standard InChI is InChI=1S/C25H31F6N5O4S/c26-24(27,28)11-20(17-5-7-19(8-6-17)25(29,30)31)33-22(37)21-4-2-10-36(21)23(38)18-3-1-9-34(15-18)41(39,40)35-13-16(12-32)14-35/h5-8,16,18,20-22,33,37H,1-4,9-11,13-15H2/t18-,20+,21+,22?/m0/s1. The third kappa shape index (κ3) is 7.31. The first kappa shape index (κ1) is 31.5. The fourth-order valence-electron chi connectivity index (χ4n) is 5.58. The van der Waals surface area contributed by atoms with Crippen molar-refractivity contribution >= 4 is 16.1 Å². The number of nitrogens with zero attached hydrogens (tertiary/aromatic N) is 4. The van der Waals surface area contributed by atoms with Crippen LogP contribution in [0.25, 0.3) is 0 Å². The van der Waals surface area contributed by atoms with Gasteiger partial charge in [0, 0.05) is 38.8 Å². The molecule has 3 fully saturated rings. The zero-order valence-corrected chi connectivity index (χ0v) is 22.7. The lowest BCUT2D eigenvalue weighted by Crippen LogP contribution is -2.58. The summed E-state index contributed by atoms with van der Waals surface area (Å²) in [7, 11) is -3.86. The van der Waals surface area contributed by atoms with Crippen molar-refractivity contribution in [1.29, 1.82) is 5.26 Å². The van der Waals surface area contributed by atoms with E-state index in [4.69, 9.17) is 5.26 Å². The maximum atomic E-state index is 13.5. The lowest BCUT2D eigenvalue weighted by atomic mass is 9.97. The molecule has 4 atom stereocenters. The second-order valence-electron chi connectivity index (χ2n) is 10.7. The number of piperidine rings is 1. The summed E-state index contributed by atoms with van der Waals surface area (Å²) >= 11 is 0. The smallest absolute Gasteiger partial charge is 0.376 e. The molecule has 0 radical (unpaired) electrons. The Morgan fingerprint density at radius 3 is 2.24 bits per heavy atom. The Hall–Kier alpha value is -2.45. The van der Waals surface area contributed by atoms with Gasteiger partial charge in [0.1, 0.15) is 6.23 Å². The van der Waals surface area contributed by atoms with Gasteiger partial charge in [-0.2, -0.15) is 48.6 Å². The van der Waals surface area contributed by atoms with Crippen LogP contribution in [0.5, 0.6) is 0 Å². The molecule has 2 N–H and O–H groups in total. The second-order valence-corrected chi connectivity index (χ2v) is 12.6. The number of aliphatic hydroxyl groups is 1. The van der Waals surface area contributed by atoms with Gasteiger partial charge in [0.15, 0.2) is 0 Å². The van der Waals surface area contributed by atoms with Crippen molar-refractivity contribution in [3.8, 4) is 6.07 Å². The first-order valence-corrected chi connectivity index (χ1v) is 14.6. The second kappa shape index (κ2) is 12.0. The maximum Gasteiger partial charge on any atom is 0.416 e. The molecule has 4 rings (SSSR count). The summed E-state index contributed by atoms with van der Waals surface area (Å²) in [6.45, 7) is 0.491. The molecule has 0 spiro atoms. The number of amides is 1. The van der Waals surface area contributed by atoms with E-state index in [0.29, 0.717) is 31.4 Å². The Labute approximate surface area is 233 Å². The van der Waals surface area contributed by atoms with E-state index in [0.717, 1.165) is 12.1 Å². The normalized spacial score (nSPS) is 25.0. The maximum absolute atomic E-state index is 13.5. The highest BCUT2D eigenvalue weighted by Crippen LogP contribution is 2.35. The molecule has 1 aromatic rings. The molecule has 3 aliphatic rings. The zero-order chi connectivity index (χ0) is 30.2. The van der Waals surface area contributed by atoms with Gasteiger partial charge in [-0.1, -0.05) is 12.1 Å². The molecule has 41 heavy (non-hydrogen) atoms. The minimum absolute atomic E-state index is 0.0814. The number of carbonyl (C=O) groups excluding carboxylic acids is 1. The van der Waals surface area contributed by atoms with Gasteiger partial charge in [-0.3, -0.25) is 10.1 Å². The molecular formula is C25H31F6N5O4S. The van der Waals surface area contributed by atoms with Crippen LogP contribution in [0, 0.1) is 23.2 Å². The van der Waals surface area contributed by atoms with Crippen LogP contribution in [-0.4, -0.2) is 84.1 Å². The minimum Gasteiger partial charge on any atom is -0.376 e. The van der Waals surface area contributed by atoms with Gasteiger partial charge >= 0.3 is 12.4 Å². The first-order chi connectivity index (χ1) is 19.1. The number of carbonyl (C=O) groups is 1. The summed E-state index contributed by atoms with van der Waals surface area (Å²) in [6.07, 6.45) is -10.9. The Bertz CT molecular complexity index is 1230. The molecule has 1 aromatic carbocycles. The highest BCUT2D eigenvalue weighted by molar-refractivity contribution is 7.86. The van der Waals surface area contributed by atoms with E-state index in [9.17, 15) is 44.7 Å². The molecule has 1 unspecified atom stereocenters. The number of benzene rings is 1. The lowest BCUT2D eigenvalue weighted by Gasteiger charge is -2.41. The van der Waals surface area contributed by atoms with E-state index < -0.39 is 64.7 Å². The van der Waals surface area contributed by atoms with Crippen LogP contribution in [-0.2, 0) is 21.2 Å². The van der Waals surface area contributed by atoms with Gasteiger partial charge < -0.3 is 10.0 Å². The first-order valence-electron chi connectivity index (χ1n) is 13.2. The summed E-state index contributed by atoms with van der Waals surface area (Å²) in [5, 5.41) is 22.3. The van der Waals surface area contributed by atoms with Crippen molar-refractivity contribution in [2.24, 2.45) is 11.8 Å². The van der Waals surface area contributed by atoms with Crippen LogP contribution in [0.15, 0.2) is 24.3 Å². The molecule has 0 aromatic heterocycles. The number of hydrogen-bond acceptors (Lipinski definition) is 6. The van der Waals surface area contributed by atoms with Crippen LogP contribution in [0.1, 0.15) is 49.3 Å². The van der Waals surface area contributed by atoms with Crippen LogP contribution < -0.4 is 5.32 Å². The monoisotopic (exact) mass is 611 g/mol. The van der Waals surface area contributed by atoms with E-state index >= 15 is 0 Å². The Morgan fingerprint density at radius 1 is 1.02 bits per heavy atom. The molecular weight excluding hydrogens is 580 g/mol. The van der Waals surface area contributed by atoms with Gasteiger partial charge in [0.25, 0.3) is 10.2 Å². The summed E-state index contributed by atoms with van der Waals surface area (Å²) in [4.78, 5) is 14.8. The number of aliphatic hydroxyl groups excluding tert-OH is 1. The van der Waals surface area contributed by atoms with E-state index in [1.54, 1.807) is 0 Å². The van der Waals surface area contributed by atoms with Gasteiger partial charge in [-0.15, -0.1) is 0 Å². The van der Waals surface area contributed by atoms with Crippen molar-refractivity contribution in [2.45, 2.75) is 62.8 Å². The molecule has 3 aliphatic heterocycles. The number of nitrogens with one attached hydrogen (secondary N) is 1. The number of likely N-dealkylation sites (tertiary alicyclic amines) is 1. The van der Waals surface area contributed by atoms with Crippen LogP contribution in [0.4, 0.5) is 26.3 Å². The van der Waals surface area contributed by atoms with Gasteiger partial charge in [-0.25, -0.2) is 0 Å².